The van der Waals surface area contributed by atoms with Gasteiger partial charge in [-0.2, -0.15) is 0 Å². The molecule has 0 unspecified atom stereocenters. The summed E-state index contributed by atoms with van der Waals surface area (Å²) in [6.07, 6.45) is -2.21. The summed E-state index contributed by atoms with van der Waals surface area (Å²) in [6, 6.07) is 1.84. The number of likely N-dealkylation sites (N-methyl/N-ethyl adjacent to an activating group) is 1. The molecule has 0 bridgehead atoms. The average Bonchev–Trinajstić information content (AvgIpc) is 3.73. The van der Waals surface area contributed by atoms with Crippen LogP contribution in [0.3, 0.4) is 0 Å². The topological polar surface area (TPSA) is 189 Å². The number of benzene rings is 1. The number of fused-ring (bicyclic) bond motifs is 1. The van der Waals surface area contributed by atoms with Crippen molar-refractivity contribution in [1.29, 1.82) is 0 Å². The zero-order valence-corrected chi connectivity index (χ0v) is 24.5. The fraction of sp³-hybridized carbons (Fsp3) is 0.667. The lowest BCUT2D eigenvalue weighted by atomic mass is 9.72. The van der Waals surface area contributed by atoms with Gasteiger partial charge in [0.1, 0.15) is 31.0 Å². The highest BCUT2D eigenvalue weighted by Crippen LogP contribution is 2.54. The van der Waals surface area contributed by atoms with Crippen molar-refractivity contribution in [3.8, 4) is 11.5 Å². The van der Waals surface area contributed by atoms with Gasteiger partial charge in [-0.3, -0.25) is 9.59 Å². The molecule has 1 saturated carbocycles. The molecule has 2 saturated heterocycles. The first-order chi connectivity index (χ1) is 20.7. The predicted molar refractivity (Wildman–Crippen MR) is 152 cm³/mol. The Labute approximate surface area is 249 Å². The third-order valence-electron chi connectivity index (χ3n) is 8.92. The lowest BCUT2D eigenvalue weighted by molar-refractivity contribution is -0.277. The Balaban J connectivity index is 1.61. The molecule has 1 aromatic carbocycles. The molecule has 1 aromatic heterocycles. The molecule has 13 heteroatoms. The molecule has 5 rings (SSSR count). The van der Waals surface area contributed by atoms with E-state index in [1.165, 1.54) is 0 Å². The zero-order valence-electron chi connectivity index (χ0n) is 24.5. The van der Waals surface area contributed by atoms with E-state index in [1.54, 1.807) is 20.2 Å². The van der Waals surface area contributed by atoms with Crippen LogP contribution < -0.4 is 20.1 Å². The van der Waals surface area contributed by atoms with Crippen molar-refractivity contribution in [2.24, 2.45) is 5.41 Å². The number of aryl methyl sites for hydroxylation is 1. The van der Waals surface area contributed by atoms with E-state index in [4.69, 9.17) is 23.4 Å². The van der Waals surface area contributed by atoms with Crippen LogP contribution in [0.15, 0.2) is 16.7 Å². The van der Waals surface area contributed by atoms with E-state index in [0.29, 0.717) is 29.6 Å². The van der Waals surface area contributed by atoms with Gasteiger partial charge in [0, 0.05) is 36.4 Å². The lowest BCUT2D eigenvalue weighted by Gasteiger charge is -2.39. The number of hydrogen-bond donors (Lipinski definition) is 6. The molecule has 13 nitrogen and oxygen atoms in total. The van der Waals surface area contributed by atoms with Crippen LogP contribution in [0.2, 0.25) is 0 Å². The first kappa shape index (κ1) is 31.5. The minimum absolute atomic E-state index is 0.0148. The lowest BCUT2D eigenvalue weighted by Crippen LogP contribution is -2.60. The Bertz CT molecular complexity index is 1290. The SMILES string of the molecule is CCOC(=O)CCc1cc2c([C@H]3CNC(=O)C34CCCC4)coc2c(OCCNC)c1O[C@@H]1O[C@H](CO)[C@@H](O)[C@H](O)[C@H]1O. The van der Waals surface area contributed by atoms with Gasteiger partial charge < -0.3 is 54.4 Å². The number of furan rings is 1. The van der Waals surface area contributed by atoms with Crippen molar-refractivity contribution in [3.63, 3.8) is 0 Å². The highest BCUT2D eigenvalue weighted by atomic mass is 16.7. The summed E-state index contributed by atoms with van der Waals surface area (Å²) in [5.41, 5.74) is 1.22. The highest BCUT2D eigenvalue weighted by Gasteiger charge is 2.53. The van der Waals surface area contributed by atoms with E-state index in [1.807, 2.05) is 6.07 Å². The molecule has 3 aliphatic rings. The number of nitrogens with one attached hydrogen (secondary N) is 2. The number of hydrogen-bond acceptors (Lipinski definition) is 12. The monoisotopic (exact) mass is 606 g/mol. The summed E-state index contributed by atoms with van der Waals surface area (Å²) >= 11 is 0. The third-order valence-corrected chi connectivity index (χ3v) is 8.92. The fourth-order valence-corrected chi connectivity index (χ4v) is 6.63. The fourth-order valence-electron chi connectivity index (χ4n) is 6.63. The molecule has 43 heavy (non-hydrogen) atoms. The number of amides is 1. The first-order valence-electron chi connectivity index (χ1n) is 15.0. The van der Waals surface area contributed by atoms with E-state index < -0.39 is 48.7 Å². The predicted octanol–water partition coefficient (Wildman–Crippen LogP) is 0.479. The minimum Gasteiger partial charge on any atom is -0.485 e. The van der Waals surface area contributed by atoms with Crippen molar-refractivity contribution in [1.82, 2.24) is 10.6 Å². The van der Waals surface area contributed by atoms with Crippen molar-refractivity contribution in [2.45, 2.75) is 82.1 Å². The Hall–Kier alpha value is -2.94. The minimum atomic E-state index is -1.67. The molecule has 3 fully saturated rings. The van der Waals surface area contributed by atoms with E-state index in [0.717, 1.165) is 31.2 Å². The molecule has 2 aromatic rings. The highest BCUT2D eigenvalue weighted by molar-refractivity contribution is 5.93. The Morgan fingerprint density at radius 2 is 1.93 bits per heavy atom. The van der Waals surface area contributed by atoms with E-state index in [2.05, 4.69) is 10.6 Å². The number of carbonyl (C=O) groups excluding carboxylic acids is 2. The van der Waals surface area contributed by atoms with Crippen LogP contribution in [0.5, 0.6) is 11.5 Å². The smallest absolute Gasteiger partial charge is 0.306 e. The van der Waals surface area contributed by atoms with E-state index in [9.17, 15) is 30.0 Å². The summed E-state index contributed by atoms with van der Waals surface area (Å²) in [7, 11) is 1.77. The normalized spacial score (nSPS) is 28.4. The van der Waals surface area contributed by atoms with Crippen molar-refractivity contribution >= 4 is 22.8 Å². The summed E-state index contributed by atoms with van der Waals surface area (Å²) in [4.78, 5) is 25.5. The molecule has 6 atom stereocenters. The van der Waals surface area contributed by atoms with Gasteiger partial charge in [0.25, 0.3) is 0 Å². The van der Waals surface area contributed by atoms with Gasteiger partial charge in [-0.05, 0) is 44.9 Å². The van der Waals surface area contributed by atoms with Gasteiger partial charge in [0.05, 0.1) is 24.9 Å². The first-order valence-corrected chi connectivity index (χ1v) is 15.0. The molecule has 1 amide bonds. The van der Waals surface area contributed by atoms with Crippen LogP contribution in [-0.4, -0.2) is 103 Å². The second-order valence-corrected chi connectivity index (χ2v) is 11.5. The van der Waals surface area contributed by atoms with E-state index in [-0.39, 0.29) is 49.4 Å². The maximum Gasteiger partial charge on any atom is 0.306 e. The molecular weight excluding hydrogens is 564 g/mol. The zero-order chi connectivity index (χ0) is 30.7. The van der Waals surface area contributed by atoms with Gasteiger partial charge in [-0.25, -0.2) is 0 Å². The Kier molecular flexibility index (Phi) is 9.79. The molecule has 3 heterocycles. The van der Waals surface area contributed by atoms with Crippen LogP contribution in [0.1, 0.15) is 56.1 Å². The molecule has 1 spiro atoms. The van der Waals surface area contributed by atoms with Gasteiger partial charge >= 0.3 is 5.97 Å². The number of aliphatic hydroxyl groups is 4. The second-order valence-electron chi connectivity index (χ2n) is 11.5. The number of esters is 1. The summed E-state index contributed by atoms with van der Waals surface area (Å²) in [6.45, 7) is 2.49. The van der Waals surface area contributed by atoms with Crippen LogP contribution in [0.4, 0.5) is 0 Å². The van der Waals surface area contributed by atoms with Crippen LogP contribution in [-0.2, 0) is 25.5 Å². The second kappa shape index (κ2) is 13.4. The molecule has 0 radical (unpaired) electrons. The van der Waals surface area contributed by atoms with Crippen LogP contribution in [0.25, 0.3) is 11.0 Å². The number of carbonyl (C=O) groups is 2. The molecule has 6 N–H and O–H groups in total. The summed E-state index contributed by atoms with van der Waals surface area (Å²) in [5, 5.41) is 47.9. The molecular formula is C30H42N2O11. The van der Waals surface area contributed by atoms with Gasteiger partial charge in [-0.15, -0.1) is 0 Å². The summed E-state index contributed by atoms with van der Waals surface area (Å²) in [5.74, 6) is -0.159. The van der Waals surface area contributed by atoms with Crippen molar-refractivity contribution < 1.29 is 53.4 Å². The van der Waals surface area contributed by atoms with Gasteiger partial charge in [0.15, 0.2) is 11.3 Å². The summed E-state index contributed by atoms with van der Waals surface area (Å²) < 4.78 is 29.3. The maximum atomic E-state index is 13.1. The van der Waals surface area contributed by atoms with Gasteiger partial charge in [-0.1, -0.05) is 12.8 Å². The number of rotatable bonds is 12. The maximum absolute atomic E-state index is 13.1. The quantitative estimate of drug-likeness (QED) is 0.145. The molecule has 2 aliphatic heterocycles. The van der Waals surface area contributed by atoms with Crippen molar-refractivity contribution in [2.75, 3.05) is 40.0 Å². The van der Waals surface area contributed by atoms with Crippen LogP contribution in [0, 0.1) is 5.41 Å². The average molecular weight is 607 g/mol. The van der Waals surface area contributed by atoms with Crippen molar-refractivity contribution in [3.05, 3.63) is 23.5 Å². The van der Waals surface area contributed by atoms with E-state index >= 15 is 0 Å². The van der Waals surface area contributed by atoms with Gasteiger partial charge in [0.2, 0.25) is 17.9 Å². The Morgan fingerprint density at radius 3 is 2.63 bits per heavy atom. The third kappa shape index (κ3) is 5.94. The van der Waals surface area contributed by atoms with Crippen LogP contribution >= 0.6 is 0 Å². The standard InChI is InChI=1S/C30H42N2O11/c1-3-39-21(34)7-6-16-12-17-18(19-13-32-29(38)30(19)8-4-5-9-30)15-41-26(17)27(40-11-10-31-2)25(16)43-28-24(37)23(36)22(35)20(14-33)42-28/h12,15,19-20,22-24,28,31,33,35-37H,3-11,13-14H2,1-2H3,(H,32,38)/t19-,20-,22-,23+,24-,28+/m1/s1. The number of ether oxygens (including phenoxy) is 4. The molecule has 1 aliphatic carbocycles. The Morgan fingerprint density at radius 1 is 1.16 bits per heavy atom. The number of aliphatic hydroxyl groups excluding tert-OH is 4. The largest absolute Gasteiger partial charge is 0.485 e. The molecule has 238 valence electrons.